The second kappa shape index (κ2) is 7.11. The van der Waals surface area contributed by atoms with Crippen LogP contribution >= 0.6 is 11.8 Å². The van der Waals surface area contributed by atoms with Crippen molar-refractivity contribution < 1.29 is 4.52 Å². The van der Waals surface area contributed by atoms with Gasteiger partial charge in [0, 0.05) is 23.7 Å². The molecular formula is C21H26N6OS. The average molecular weight is 411 g/mol. The van der Waals surface area contributed by atoms with Crippen molar-refractivity contribution in [2.24, 2.45) is 5.10 Å². The third-order valence-electron chi connectivity index (χ3n) is 6.16. The van der Waals surface area contributed by atoms with Crippen LogP contribution < -0.4 is 10.9 Å². The molecule has 4 heterocycles. The van der Waals surface area contributed by atoms with E-state index in [4.69, 9.17) is 4.52 Å². The summed E-state index contributed by atoms with van der Waals surface area (Å²) in [6.07, 6.45) is 5.39. The summed E-state index contributed by atoms with van der Waals surface area (Å²) in [4.78, 5) is 2.24. The predicted octanol–water partition coefficient (Wildman–Crippen LogP) is 3.45. The van der Waals surface area contributed by atoms with Crippen LogP contribution in [0, 0.1) is 27.7 Å². The molecule has 152 valence electrons. The summed E-state index contributed by atoms with van der Waals surface area (Å²) in [5, 5.41) is 11.9. The molecule has 3 aliphatic heterocycles. The zero-order valence-electron chi connectivity index (χ0n) is 17.1. The Hall–Kier alpha value is -2.45. The van der Waals surface area contributed by atoms with Crippen LogP contribution in [-0.2, 0) is 5.75 Å². The molecule has 3 atom stereocenters. The van der Waals surface area contributed by atoms with Crippen LogP contribution in [0.4, 0.5) is 0 Å². The maximum Gasteiger partial charge on any atom is 0.189 e. The van der Waals surface area contributed by atoms with Gasteiger partial charge in [-0.3, -0.25) is 5.43 Å². The average Bonchev–Trinajstić information content (AvgIpc) is 3.39. The maximum atomic E-state index is 5.28. The molecule has 1 aromatic heterocycles. The van der Waals surface area contributed by atoms with E-state index in [2.05, 4.69) is 75.5 Å². The van der Waals surface area contributed by atoms with Crippen molar-refractivity contribution in [3.63, 3.8) is 0 Å². The van der Waals surface area contributed by atoms with Crippen molar-refractivity contribution in [1.29, 1.82) is 0 Å². The van der Waals surface area contributed by atoms with Crippen LogP contribution in [0.5, 0.6) is 0 Å². The summed E-state index contributed by atoms with van der Waals surface area (Å²) in [7, 11) is 0. The van der Waals surface area contributed by atoms with Gasteiger partial charge in [-0.05, 0) is 50.8 Å². The Morgan fingerprint density at radius 2 is 2.03 bits per heavy atom. The lowest BCUT2D eigenvalue weighted by atomic mass is 9.97. The minimum Gasteiger partial charge on any atom is -0.361 e. The van der Waals surface area contributed by atoms with Gasteiger partial charge < -0.3 is 14.4 Å². The van der Waals surface area contributed by atoms with Crippen LogP contribution in [0.1, 0.15) is 46.2 Å². The van der Waals surface area contributed by atoms with Crippen molar-refractivity contribution in [3.8, 4) is 0 Å². The van der Waals surface area contributed by atoms with Crippen molar-refractivity contribution in [2.45, 2.75) is 58.1 Å². The Kier molecular flexibility index (Phi) is 4.55. The molecular weight excluding hydrogens is 384 g/mol. The van der Waals surface area contributed by atoms with E-state index in [0.717, 1.165) is 34.4 Å². The number of hydrazine groups is 1. The van der Waals surface area contributed by atoms with Gasteiger partial charge in [-0.15, -0.1) is 0 Å². The van der Waals surface area contributed by atoms with Gasteiger partial charge in [0.05, 0.1) is 17.8 Å². The van der Waals surface area contributed by atoms with E-state index in [1.165, 1.54) is 16.7 Å². The Bertz CT molecular complexity index is 980. The number of aromatic nitrogens is 1. The molecule has 5 rings (SSSR count). The molecule has 0 radical (unpaired) electrons. The largest absolute Gasteiger partial charge is 0.361 e. The van der Waals surface area contributed by atoms with E-state index >= 15 is 0 Å². The van der Waals surface area contributed by atoms with Gasteiger partial charge in [0.2, 0.25) is 0 Å². The normalized spacial score (nSPS) is 25.1. The Morgan fingerprint density at radius 1 is 1.17 bits per heavy atom. The van der Waals surface area contributed by atoms with Gasteiger partial charge in [0.15, 0.2) is 5.17 Å². The maximum absolute atomic E-state index is 5.28. The number of amidine groups is 1. The number of hydrogen-bond acceptors (Lipinski definition) is 8. The minimum atomic E-state index is 0.135. The molecule has 3 aliphatic rings. The first-order valence-corrected chi connectivity index (χ1v) is 11.0. The van der Waals surface area contributed by atoms with Crippen LogP contribution in [0.2, 0.25) is 0 Å². The second-order valence-electron chi connectivity index (χ2n) is 8.00. The molecule has 1 aromatic carbocycles. The smallest absolute Gasteiger partial charge is 0.189 e. The van der Waals surface area contributed by atoms with Crippen molar-refractivity contribution in [2.75, 3.05) is 0 Å². The lowest BCUT2D eigenvalue weighted by Gasteiger charge is -2.36. The van der Waals surface area contributed by atoms with Crippen molar-refractivity contribution >= 4 is 16.9 Å². The molecule has 1 saturated heterocycles. The zero-order chi connectivity index (χ0) is 20.1. The van der Waals surface area contributed by atoms with Gasteiger partial charge in [0.25, 0.3) is 0 Å². The SMILES string of the molecule is Cc1ccc(C2CC3C4NN=C(SCc5c(C)noc5C)N4C=CN3N2)cc1C. The molecule has 0 amide bonds. The van der Waals surface area contributed by atoms with Crippen LogP contribution in [0.25, 0.3) is 0 Å². The lowest BCUT2D eigenvalue weighted by molar-refractivity contribution is 0.152. The molecule has 0 saturated carbocycles. The fraction of sp³-hybridized carbons (Fsp3) is 0.429. The van der Waals surface area contributed by atoms with Crippen LogP contribution in [0.3, 0.4) is 0 Å². The molecule has 0 bridgehead atoms. The summed E-state index contributed by atoms with van der Waals surface area (Å²) in [5.74, 6) is 1.69. The Labute approximate surface area is 175 Å². The molecule has 0 spiro atoms. The highest BCUT2D eigenvalue weighted by Crippen LogP contribution is 2.36. The van der Waals surface area contributed by atoms with Gasteiger partial charge in [-0.2, -0.15) is 5.10 Å². The van der Waals surface area contributed by atoms with Crippen molar-refractivity contribution in [3.05, 3.63) is 64.3 Å². The van der Waals surface area contributed by atoms with E-state index in [9.17, 15) is 0 Å². The van der Waals surface area contributed by atoms with E-state index in [-0.39, 0.29) is 6.17 Å². The standard InChI is InChI=1S/C21H26N6OS/c1-12-5-6-16(9-13(12)2)18-10-19-20-22-23-21(26(20)7-8-27(19)24-18)29-11-17-14(3)25-28-15(17)4/h5-9,18-20,22,24H,10-11H2,1-4H3. The van der Waals surface area contributed by atoms with E-state index in [0.29, 0.717) is 12.1 Å². The summed E-state index contributed by atoms with van der Waals surface area (Å²) < 4.78 is 5.28. The first kappa shape index (κ1) is 18.6. The summed E-state index contributed by atoms with van der Waals surface area (Å²) in [5.41, 5.74) is 13.1. The highest BCUT2D eigenvalue weighted by molar-refractivity contribution is 8.13. The Balaban J connectivity index is 1.28. The second-order valence-corrected chi connectivity index (χ2v) is 8.94. The first-order chi connectivity index (χ1) is 14.0. The topological polar surface area (TPSA) is 68.9 Å². The fourth-order valence-electron chi connectivity index (χ4n) is 4.19. The van der Waals surface area contributed by atoms with E-state index in [1.807, 2.05) is 13.8 Å². The Morgan fingerprint density at radius 3 is 2.79 bits per heavy atom. The van der Waals surface area contributed by atoms with Gasteiger partial charge in [-0.25, -0.2) is 5.43 Å². The molecule has 7 nitrogen and oxygen atoms in total. The van der Waals surface area contributed by atoms with Crippen LogP contribution in [-0.4, -0.2) is 32.4 Å². The van der Waals surface area contributed by atoms with Gasteiger partial charge >= 0.3 is 0 Å². The first-order valence-electron chi connectivity index (χ1n) is 9.97. The number of hydrogen-bond donors (Lipinski definition) is 2. The quantitative estimate of drug-likeness (QED) is 0.803. The van der Waals surface area contributed by atoms with Crippen molar-refractivity contribution in [1.82, 2.24) is 25.9 Å². The van der Waals surface area contributed by atoms with Gasteiger partial charge in [0.1, 0.15) is 11.9 Å². The van der Waals surface area contributed by atoms with E-state index in [1.54, 1.807) is 11.8 Å². The summed E-state index contributed by atoms with van der Waals surface area (Å²) >= 11 is 1.71. The minimum absolute atomic E-state index is 0.135. The highest BCUT2D eigenvalue weighted by Gasteiger charge is 2.44. The van der Waals surface area contributed by atoms with Crippen LogP contribution in [0.15, 0.2) is 40.2 Å². The molecule has 1 fully saturated rings. The molecule has 29 heavy (non-hydrogen) atoms. The molecule has 2 N–H and O–H groups in total. The summed E-state index contributed by atoms with van der Waals surface area (Å²) in [6, 6.07) is 7.38. The lowest BCUT2D eigenvalue weighted by Crippen LogP contribution is -2.54. The zero-order valence-corrected chi connectivity index (χ0v) is 18.0. The molecule has 0 aliphatic carbocycles. The summed E-state index contributed by atoms with van der Waals surface area (Å²) in [6.45, 7) is 8.28. The van der Waals surface area contributed by atoms with Gasteiger partial charge in [-0.1, -0.05) is 35.1 Å². The predicted molar refractivity (Wildman–Crippen MR) is 115 cm³/mol. The number of aryl methyl sites for hydroxylation is 4. The molecule has 8 heteroatoms. The third kappa shape index (κ3) is 3.20. The monoisotopic (exact) mass is 410 g/mol. The highest BCUT2D eigenvalue weighted by atomic mass is 32.2. The number of nitrogens with one attached hydrogen (secondary N) is 2. The molecule has 2 aromatic rings. The number of fused-ring (bicyclic) bond motifs is 3. The van der Waals surface area contributed by atoms with E-state index < -0.39 is 0 Å². The number of hydrazone groups is 1. The number of nitrogens with zero attached hydrogens (tertiary/aromatic N) is 4. The number of benzene rings is 1. The fourth-order valence-corrected chi connectivity index (χ4v) is 5.32. The third-order valence-corrected chi connectivity index (χ3v) is 7.16. The number of rotatable bonds is 3. The molecule has 3 unspecified atom stereocenters. The number of thioether (sulfide) groups is 1.